The first-order valence-corrected chi connectivity index (χ1v) is 6.98. The van der Waals surface area contributed by atoms with Crippen LogP contribution in [0.2, 0.25) is 0 Å². The molecule has 2 rings (SSSR count). The molecule has 3 nitrogen and oxygen atoms in total. The van der Waals surface area contributed by atoms with Gasteiger partial charge in [0.2, 0.25) is 0 Å². The molecule has 0 amide bonds. The molecule has 0 fully saturated rings. The molecule has 2 aromatic rings. The van der Waals surface area contributed by atoms with Crippen LogP contribution in [-0.4, -0.2) is 33.5 Å². The van der Waals surface area contributed by atoms with Gasteiger partial charge in [0, 0.05) is 26.8 Å². The largest absolute Gasteiger partial charge is 0.382 e. The van der Waals surface area contributed by atoms with Crippen LogP contribution in [-0.2, 0) is 9.47 Å². The average molecular weight is 273 g/mol. The molecule has 2 atom stereocenters. The van der Waals surface area contributed by atoms with Crippen LogP contribution in [0.5, 0.6) is 0 Å². The molecule has 0 aliphatic carbocycles. The molecule has 0 aliphatic heterocycles. The Kier molecular flexibility index (Phi) is 5.53. The average Bonchev–Trinajstić information content (AvgIpc) is 2.50. The number of ether oxygens (including phenoxy) is 2. The molecule has 3 heteroatoms. The minimum Gasteiger partial charge on any atom is -0.382 e. The minimum atomic E-state index is 0.0860. The van der Waals surface area contributed by atoms with Crippen LogP contribution in [0.25, 0.3) is 10.8 Å². The van der Waals surface area contributed by atoms with E-state index in [2.05, 4.69) is 54.7 Å². The normalized spacial score (nSPS) is 14.3. The highest BCUT2D eigenvalue weighted by atomic mass is 16.5. The van der Waals surface area contributed by atoms with Gasteiger partial charge in [-0.2, -0.15) is 0 Å². The van der Waals surface area contributed by atoms with Gasteiger partial charge >= 0.3 is 0 Å². The summed E-state index contributed by atoms with van der Waals surface area (Å²) >= 11 is 0. The van der Waals surface area contributed by atoms with E-state index in [1.54, 1.807) is 14.2 Å². The van der Waals surface area contributed by atoms with Crippen LogP contribution in [0.1, 0.15) is 18.5 Å². The second kappa shape index (κ2) is 7.39. The van der Waals surface area contributed by atoms with Crippen molar-refractivity contribution in [1.82, 2.24) is 5.32 Å². The molecular weight excluding hydrogens is 250 g/mol. The molecule has 0 aromatic heterocycles. The number of fused-ring (bicyclic) bond motifs is 1. The standard InChI is InChI=1S/C17H23NO2/c1-13(18-11-17(20-3)12-19-2)15-9-8-14-6-4-5-7-16(14)10-15/h4-10,13,17-18H,11-12H2,1-3H3. The fourth-order valence-corrected chi connectivity index (χ4v) is 2.30. The Labute approximate surface area is 120 Å². The predicted octanol–water partition coefficient (Wildman–Crippen LogP) is 3.15. The highest BCUT2D eigenvalue weighted by molar-refractivity contribution is 5.83. The molecule has 0 spiro atoms. The zero-order valence-corrected chi connectivity index (χ0v) is 12.4. The Morgan fingerprint density at radius 2 is 1.80 bits per heavy atom. The maximum Gasteiger partial charge on any atom is 0.0928 e. The summed E-state index contributed by atoms with van der Waals surface area (Å²) in [6.45, 7) is 3.55. The summed E-state index contributed by atoms with van der Waals surface area (Å²) in [6, 6.07) is 15.3. The van der Waals surface area contributed by atoms with E-state index in [1.165, 1.54) is 16.3 Å². The van der Waals surface area contributed by atoms with Crippen LogP contribution < -0.4 is 5.32 Å². The van der Waals surface area contributed by atoms with Crippen molar-refractivity contribution in [2.45, 2.75) is 19.1 Å². The van der Waals surface area contributed by atoms with E-state index in [9.17, 15) is 0 Å². The Bertz CT molecular complexity index is 541. The number of benzene rings is 2. The van der Waals surface area contributed by atoms with Gasteiger partial charge in [0.15, 0.2) is 0 Å². The summed E-state index contributed by atoms with van der Waals surface area (Å²) in [4.78, 5) is 0. The van der Waals surface area contributed by atoms with Crippen LogP contribution in [0, 0.1) is 0 Å². The third kappa shape index (κ3) is 3.79. The van der Waals surface area contributed by atoms with Gasteiger partial charge in [0.25, 0.3) is 0 Å². The topological polar surface area (TPSA) is 30.5 Å². The molecule has 2 aromatic carbocycles. The Morgan fingerprint density at radius 3 is 2.50 bits per heavy atom. The number of rotatable bonds is 7. The second-order valence-electron chi connectivity index (χ2n) is 5.05. The van der Waals surface area contributed by atoms with Crippen molar-refractivity contribution in [2.24, 2.45) is 0 Å². The van der Waals surface area contributed by atoms with Gasteiger partial charge in [-0.3, -0.25) is 0 Å². The van der Waals surface area contributed by atoms with Gasteiger partial charge < -0.3 is 14.8 Å². The lowest BCUT2D eigenvalue weighted by molar-refractivity contribution is 0.0276. The van der Waals surface area contributed by atoms with Crippen molar-refractivity contribution in [1.29, 1.82) is 0 Å². The smallest absolute Gasteiger partial charge is 0.0928 e. The van der Waals surface area contributed by atoms with E-state index in [1.807, 2.05) is 0 Å². The van der Waals surface area contributed by atoms with E-state index >= 15 is 0 Å². The Hall–Kier alpha value is -1.42. The lowest BCUT2D eigenvalue weighted by Crippen LogP contribution is -2.33. The van der Waals surface area contributed by atoms with Gasteiger partial charge in [-0.25, -0.2) is 0 Å². The van der Waals surface area contributed by atoms with Crippen LogP contribution in [0.15, 0.2) is 42.5 Å². The third-order valence-corrected chi connectivity index (χ3v) is 3.61. The van der Waals surface area contributed by atoms with E-state index < -0.39 is 0 Å². The summed E-state index contributed by atoms with van der Waals surface area (Å²) in [6.07, 6.45) is 0.0860. The van der Waals surface area contributed by atoms with Gasteiger partial charge in [0.1, 0.15) is 0 Å². The van der Waals surface area contributed by atoms with Crippen molar-refractivity contribution in [3.8, 4) is 0 Å². The minimum absolute atomic E-state index is 0.0860. The van der Waals surface area contributed by atoms with Crippen LogP contribution in [0.3, 0.4) is 0 Å². The molecule has 20 heavy (non-hydrogen) atoms. The molecule has 0 aliphatic rings. The quantitative estimate of drug-likeness (QED) is 0.840. The van der Waals surface area contributed by atoms with E-state index in [-0.39, 0.29) is 12.1 Å². The summed E-state index contributed by atoms with van der Waals surface area (Å²) in [7, 11) is 3.41. The monoisotopic (exact) mass is 273 g/mol. The number of methoxy groups -OCH3 is 2. The molecule has 0 bridgehead atoms. The molecule has 1 N–H and O–H groups in total. The number of hydrogen-bond acceptors (Lipinski definition) is 3. The molecule has 2 unspecified atom stereocenters. The summed E-state index contributed by atoms with van der Waals surface area (Å²) in [5.41, 5.74) is 1.29. The second-order valence-corrected chi connectivity index (χ2v) is 5.05. The van der Waals surface area contributed by atoms with Crippen molar-refractivity contribution >= 4 is 10.8 Å². The zero-order chi connectivity index (χ0) is 14.4. The van der Waals surface area contributed by atoms with E-state index in [0.29, 0.717) is 6.61 Å². The van der Waals surface area contributed by atoms with Crippen molar-refractivity contribution in [3.63, 3.8) is 0 Å². The SMILES string of the molecule is COCC(CNC(C)c1ccc2ccccc2c1)OC. The Morgan fingerprint density at radius 1 is 1.05 bits per heavy atom. The molecular formula is C17H23NO2. The van der Waals surface area contributed by atoms with Crippen LogP contribution in [0.4, 0.5) is 0 Å². The highest BCUT2D eigenvalue weighted by Crippen LogP contribution is 2.20. The number of nitrogens with one attached hydrogen (secondary N) is 1. The fourth-order valence-electron chi connectivity index (χ4n) is 2.30. The van der Waals surface area contributed by atoms with Crippen molar-refractivity contribution < 1.29 is 9.47 Å². The predicted molar refractivity (Wildman–Crippen MR) is 83.0 cm³/mol. The molecule has 0 saturated carbocycles. The van der Waals surface area contributed by atoms with Crippen molar-refractivity contribution in [3.05, 3.63) is 48.0 Å². The lowest BCUT2D eigenvalue weighted by atomic mass is 10.0. The van der Waals surface area contributed by atoms with Gasteiger partial charge in [-0.05, 0) is 29.3 Å². The van der Waals surface area contributed by atoms with E-state index in [4.69, 9.17) is 9.47 Å². The van der Waals surface area contributed by atoms with E-state index in [0.717, 1.165) is 6.54 Å². The number of hydrogen-bond donors (Lipinski definition) is 1. The first kappa shape index (κ1) is 15.0. The molecule has 0 saturated heterocycles. The maximum absolute atomic E-state index is 5.36. The lowest BCUT2D eigenvalue weighted by Gasteiger charge is -2.20. The molecule has 0 radical (unpaired) electrons. The first-order chi connectivity index (χ1) is 9.74. The van der Waals surface area contributed by atoms with Gasteiger partial charge in [-0.1, -0.05) is 36.4 Å². The summed E-state index contributed by atoms with van der Waals surface area (Å²) in [5.74, 6) is 0. The summed E-state index contributed by atoms with van der Waals surface area (Å²) in [5, 5.41) is 6.05. The maximum atomic E-state index is 5.36. The third-order valence-electron chi connectivity index (χ3n) is 3.61. The molecule has 0 heterocycles. The van der Waals surface area contributed by atoms with Gasteiger partial charge in [0.05, 0.1) is 12.7 Å². The van der Waals surface area contributed by atoms with Crippen molar-refractivity contribution in [2.75, 3.05) is 27.4 Å². The fraction of sp³-hybridized carbons (Fsp3) is 0.412. The molecule has 108 valence electrons. The highest BCUT2D eigenvalue weighted by Gasteiger charge is 2.10. The van der Waals surface area contributed by atoms with Gasteiger partial charge in [-0.15, -0.1) is 0 Å². The zero-order valence-electron chi connectivity index (χ0n) is 12.4. The first-order valence-electron chi connectivity index (χ1n) is 6.98. The Balaban J connectivity index is 2.01. The summed E-state index contributed by atoms with van der Waals surface area (Å²) < 4.78 is 10.5. The van der Waals surface area contributed by atoms with Crippen LogP contribution >= 0.6 is 0 Å².